The van der Waals surface area contributed by atoms with Crippen LogP contribution in [0.25, 0.3) is 0 Å². The van der Waals surface area contributed by atoms with Crippen LogP contribution in [0.1, 0.15) is 0 Å². The average Bonchev–Trinajstić information content (AvgIpc) is 2.41. The molecule has 0 amide bonds. The monoisotopic (exact) mass is 191 g/mol. The molecule has 0 aromatic heterocycles. The topological polar surface area (TPSA) is 51.2 Å². The van der Waals surface area contributed by atoms with Gasteiger partial charge in [0.2, 0.25) is 0 Å². The van der Waals surface area contributed by atoms with Gasteiger partial charge < -0.3 is 19.3 Å². The highest BCUT2D eigenvalue weighted by Crippen LogP contribution is 2.24. The van der Waals surface area contributed by atoms with Crippen molar-refractivity contribution in [2.45, 2.75) is 24.7 Å². The molecule has 0 saturated carbocycles. The van der Waals surface area contributed by atoms with E-state index in [0.29, 0.717) is 0 Å². The van der Waals surface area contributed by atoms with Gasteiger partial charge in [-0.15, -0.1) is 0 Å². The third kappa shape index (κ3) is 2.00. The summed E-state index contributed by atoms with van der Waals surface area (Å²) in [5.41, 5.74) is 0. The summed E-state index contributed by atoms with van der Waals surface area (Å²) in [4.78, 5) is 1.86. The van der Waals surface area contributed by atoms with Crippen LogP contribution >= 0.6 is 0 Å². The minimum atomic E-state index is -0.676. The Balaban J connectivity index is 2.68. The molecule has 0 aliphatic carbocycles. The number of hydrogen-bond donors (Lipinski definition) is 1. The van der Waals surface area contributed by atoms with Crippen LogP contribution in [-0.4, -0.2) is 63.0 Å². The lowest BCUT2D eigenvalue weighted by Crippen LogP contribution is -2.44. The van der Waals surface area contributed by atoms with Crippen molar-refractivity contribution in [2.24, 2.45) is 0 Å². The molecule has 1 aliphatic rings. The molecule has 0 aromatic rings. The number of nitrogens with zero attached hydrogens (tertiary/aromatic N) is 1. The molecule has 1 rings (SSSR count). The van der Waals surface area contributed by atoms with Crippen molar-refractivity contribution in [1.82, 2.24) is 4.90 Å². The van der Waals surface area contributed by atoms with Crippen LogP contribution in [0.5, 0.6) is 0 Å². The quantitative estimate of drug-likeness (QED) is 0.636. The van der Waals surface area contributed by atoms with E-state index in [4.69, 9.17) is 14.2 Å². The van der Waals surface area contributed by atoms with Crippen molar-refractivity contribution in [1.29, 1.82) is 0 Å². The van der Waals surface area contributed by atoms with E-state index in [2.05, 4.69) is 0 Å². The molecule has 1 heterocycles. The molecule has 1 aliphatic heterocycles. The Labute approximate surface area is 78.2 Å². The molecule has 4 atom stereocenters. The smallest absolute Gasteiger partial charge is 0.187 e. The largest absolute Gasteiger partial charge is 0.386 e. The molecule has 0 radical (unpaired) electrons. The molecular formula is C8H17NO4. The van der Waals surface area contributed by atoms with Gasteiger partial charge in [-0.25, -0.2) is 0 Å². The first kappa shape index (κ1) is 10.9. The maximum atomic E-state index is 9.75. The first-order valence-electron chi connectivity index (χ1n) is 4.17. The SMILES string of the molecule is COC1OC(OC)C(N(C)C)C1O. The molecule has 0 bridgehead atoms. The lowest BCUT2D eigenvalue weighted by molar-refractivity contribution is -0.202. The number of methoxy groups -OCH3 is 2. The van der Waals surface area contributed by atoms with E-state index in [1.165, 1.54) is 7.11 Å². The summed E-state index contributed by atoms with van der Waals surface area (Å²) in [5, 5.41) is 9.75. The van der Waals surface area contributed by atoms with E-state index in [9.17, 15) is 5.11 Å². The number of likely N-dealkylation sites (N-methyl/N-ethyl adjacent to an activating group) is 1. The van der Waals surface area contributed by atoms with Gasteiger partial charge in [0.15, 0.2) is 12.6 Å². The summed E-state index contributed by atoms with van der Waals surface area (Å²) in [6, 6.07) is -0.185. The van der Waals surface area contributed by atoms with E-state index in [1.807, 2.05) is 19.0 Å². The average molecular weight is 191 g/mol. The van der Waals surface area contributed by atoms with E-state index in [-0.39, 0.29) is 6.04 Å². The van der Waals surface area contributed by atoms with Crippen LogP contribution < -0.4 is 0 Å². The normalized spacial score (nSPS) is 40.2. The van der Waals surface area contributed by atoms with Crippen molar-refractivity contribution in [2.75, 3.05) is 28.3 Å². The molecule has 4 unspecified atom stereocenters. The van der Waals surface area contributed by atoms with Gasteiger partial charge in [-0.2, -0.15) is 0 Å². The minimum absolute atomic E-state index is 0.185. The van der Waals surface area contributed by atoms with Crippen LogP contribution in [0.4, 0.5) is 0 Å². The maximum absolute atomic E-state index is 9.75. The summed E-state index contributed by atoms with van der Waals surface area (Å²) in [6.45, 7) is 0. The molecule has 1 N–H and O–H groups in total. The highest BCUT2D eigenvalue weighted by atomic mass is 16.8. The molecule has 0 spiro atoms. The Morgan fingerprint density at radius 2 is 1.69 bits per heavy atom. The predicted octanol–water partition coefficient (Wildman–Crippen LogP) is -0.747. The zero-order chi connectivity index (χ0) is 10.0. The minimum Gasteiger partial charge on any atom is -0.386 e. The number of aliphatic hydroxyl groups is 1. The Morgan fingerprint density at radius 1 is 1.15 bits per heavy atom. The summed E-state index contributed by atoms with van der Waals surface area (Å²) in [7, 11) is 6.77. The van der Waals surface area contributed by atoms with Crippen molar-refractivity contribution in [3.05, 3.63) is 0 Å². The highest BCUT2D eigenvalue weighted by molar-refractivity contribution is 4.87. The van der Waals surface area contributed by atoms with Crippen LogP contribution in [-0.2, 0) is 14.2 Å². The molecule has 0 aromatic carbocycles. The lowest BCUT2D eigenvalue weighted by atomic mass is 10.1. The standard InChI is InChI=1S/C8H17NO4/c1-9(2)5-6(10)8(12-4)13-7(5)11-3/h5-8,10H,1-4H3. The zero-order valence-electron chi connectivity index (χ0n) is 8.43. The second-order valence-corrected chi connectivity index (χ2v) is 3.29. The number of hydrogen-bond acceptors (Lipinski definition) is 5. The third-order valence-corrected chi connectivity index (χ3v) is 2.24. The summed E-state index contributed by atoms with van der Waals surface area (Å²) in [6.07, 6.45) is -1.71. The van der Waals surface area contributed by atoms with Gasteiger partial charge in [-0.1, -0.05) is 0 Å². The molecule has 1 saturated heterocycles. The Hall–Kier alpha value is -0.200. The molecular weight excluding hydrogens is 174 g/mol. The van der Waals surface area contributed by atoms with E-state index >= 15 is 0 Å². The van der Waals surface area contributed by atoms with Gasteiger partial charge in [-0.05, 0) is 14.1 Å². The Bertz CT molecular complexity index is 162. The first-order chi connectivity index (χ1) is 6.11. The fourth-order valence-electron chi connectivity index (χ4n) is 1.55. The maximum Gasteiger partial charge on any atom is 0.187 e. The third-order valence-electron chi connectivity index (χ3n) is 2.24. The first-order valence-corrected chi connectivity index (χ1v) is 4.17. The van der Waals surface area contributed by atoms with Crippen LogP contribution in [0.2, 0.25) is 0 Å². The Kier molecular flexibility index (Phi) is 3.63. The van der Waals surface area contributed by atoms with Crippen LogP contribution in [0.15, 0.2) is 0 Å². The van der Waals surface area contributed by atoms with E-state index < -0.39 is 18.7 Å². The van der Waals surface area contributed by atoms with E-state index in [0.717, 1.165) is 0 Å². The number of rotatable bonds is 3. The zero-order valence-corrected chi connectivity index (χ0v) is 8.43. The summed E-state index contributed by atoms with van der Waals surface area (Å²) < 4.78 is 15.4. The lowest BCUT2D eigenvalue weighted by Gasteiger charge is -2.25. The van der Waals surface area contributed by atoms with Gasteiger partial charge in [-0.3, -0.25) is 4.90 Å². The van der Waals surface area contributed by atoms with Crippen molar-refractivity contribution in [3.63, 3.8) is 0 Å². The van der Waals surface area contributed by atoms with E-state index in [1.54, 1.807) is 7.11 Å². The number of aliphatic hydroxyl groups excluding tert-OH is 1. The van der Waals surface area contributed by atoms with Gasteiger partial charge >= 0.3 is 0 Å². The van der Waals surface area contributed by atoms with Gasteiger partial charge in [0.05, 0.1) is 6.04 Å². The Morgan fingerprint density at radius 3 is 2.00 bits per heavy atom. The highest BCUT2D eigenvalue weighted by Gasteiger charge is 2.45. The van der Waals surface area contributed by atoms with Gasteiger partial charge in [0.1, 0.15) is 6.10 Å². The summed E-state index contributed by atoms with van der Waals surface area (Å²) >= 11 is 0. The second-order valence-electron chi connectivity index (χ2n) is 3.29. The number of ether oxygens (including phenoxy) is 3. The molecule has 78 valence electrons. The molecule has 13 heavy (non-hydrogen) atoms. The van der Waals surface area contributed by atoms with Crippen LogP contribution in [0, 0.1) is 0 Å². The van der Waals surface area contributed by atoms with Crippen molar-refractivity contribution >= 4 is 0 Å². The van der Waals surface area contributed by atoms with Crippen molar-refractivity contribution < 1.29 is 19.3 Å². The van der Waals surface area contributed by atoms with Gasteiger partial charge in [0.25, 0.3) is 0 Å². The second kappa shape index (κ2) is 4.34. The predicted molar refractivity (Wildman–Crippen MR) is 46.2 cm³/mol. The van der Waals surface area contributed by atoms with Crippen LogP contribution in [0.3, 0.4) is 0 Å². The molecule has 5 heteroatoms. The summed E-state index contributed by atoms with van der Waals surface area (Å²) in [5.74, 6) is 0. The fraction of sp³-hybridized carbons (Fsp3) is 1.00. The molecule has 5 nitrogen and oxygen atoms in total. The fourth-order valence-corrected chi connectivity index (χ4v) is 1.55. The van der Waals surface area contributed by atoms with Gasteiger partial charge in [0, 0.05) is 14.2 Å². The van der Waals surface area contributed by atoms with Crippen molar-refractivity contribution in [3.8, 4) is 0 Å². The molecule has 1 fully saturated rings.